The van der Waals surface area contributed by atoms with Crippen molar-refractivity contribution in [2.75, 3.05) is 11.5 Å². The number of hydrogen-bond donors (Lipinski definition) is 2. The molecule has 0 aromatic heterocycles. The highest BCUT2D eigenvalue weighted by Crippen LogP contribution is 2.50. The predicted molar refractivity (Wildman–Crippen MR) is 218 cm³/mol. The first-order valence-corrected chi connectivity index (χ1v) is 20.2. The number of nitrogen functional groups attached to an aromatic ring is 2. The normalized spacial score (nSPS) is 16.2. The van der Waals surface area contributed by atoms with E-state index in [2.05, 4.69) is 120 Å². The van der Waals surface area contributed by atoms with Gasteiger partial charge in [-0.15, -0.1) is 0 Å². The molecule has 0 spiro atoms. The van der Waals surface area contributed by atoms with Crippen LogP contribution in [0.5, 0.6) is 0 Å². The van der Waals surface area contributed by atoms with Crippen LogP contribution in [-0.4, -0.2) is 0 Å². The minimum absolute atomic E-state index is 0.0265. The maximum absolute atomic E-state index is 6.19. The summed E-state index contributed by atoms with van der Waals surface area (Å²) in [6.45, 7) is 11.4. The molecular weight excluding hydrogens is 605 g/mol. The average Bonchev–Trinajstić information content (AvgIpc) is 3.13. The first kappa shape index (κ1) is 37.7. The van der Waals surface area contributed by atoms with Gasteiger partial charge < -0.3 is 11.5 Å². The predicted octanol–water partition coefficient (Wildman–Crippen LogP) is 13.6. The van der Waals surface area contributed by atoms with E-state index in [1.807, 2.05) is 0 Å². The van der Waals surface area contributed by atoms with E-state index in [1.54, 1.807) is 0 Å². The Morgan fingerprint density at radius 2 is 1.00 bits per heavy atom. The third kappa shape index (κ3) is 8.67. The topological polar surface area (TPSA) is 52.0 Å². The van der Waals surface area contributed by atoms with Gasteiger partial charge in [-0.1, -0.05) is 146 Å². The molecule has 0 radical (unpaired) electrons. The van der Waals surface area contributed by atoms with Crippen molar-refractivity contribution in [2.45, 2.75) is 148 Å². The molecule has 4 N–H and O–H groups in total. The van der Waals surface area contributed by atoms with E-state index in [-0.39, 0.29) is 5.41 Å². The van der Waals surface area contributed by atoms with Gasteiger partial charge in [-0.25, -0.2) is 0 Å². The molecule has 2 heteroatoms. The van der Waals surface area contributed by atoms with E-state index >= 15 is 0 Å². The summed E-state index contributed by atoms with van der Waals surface area (Å²) in [5.41, 5.74) is 25.5. The van der Waals surface area contributed by atoms with Gasteiger partial charge in [0.1, 0.15) is 0 Å². The Morgan fingerprint density at radius 1 is 0.560 bits per heavy atom. The van der Waals surface area contributed by atoms with E-state index in [9.17, 15) is 0 Å². The summed E-state index contributed by atoms with van der Waals surface area (Å²) < 4.78 is 0. The van der Waals surface area contributed by atoms with Crippen LogP contribution >= 0.6 is 0 Å². The lowest BCUT2D eigenvalue weighted by atomic mass is 9.59. The lowest BCUT2D eigenvalue weighted by Crippen LogP contribution is -2.38. The Labute approximate surface area is 305 Å². The van der Waals surface area contributed by atoms with Crippen LogP contribution in [0.4, 0.5) is 11.4 Å². The molecule has 0 saturated heterocycles. The van der Waals surface area contributed by atoms with Crippen LogP contribution in [0.1, 0.15) is 173 Å². The minimum atomic E-state index is 0.0265. The van der Waals surface area contributed by atoms with Crippen molar-refractivity contribution < 1.29 is 0 Å². The van der Waals surface area contributed by atoms with Crippen LogP contribution in [0.2, 0.25) is 0 Å². The van der Waals surface area contributed by atoms with E-state index in [4.69, 9.17) is 11.5 Å². The molecular formula is C48H66N2. The van der Waals surface area contributed by atoms with Crippen LogP contribution in [0, 0.1) is 19.8 Å². The zero-order chi connectivity index (χ0) is 35.5. The van der Waals surface area contributed by atoms with Gasteiger partial charge in [0, 0.05) is 28.6 Å². The van der Waals surface area contributed by atoms with Gasteiger partial charge in [0.15, 0.2) is 0 Å². The van der Waals surface area contributed by atoms with E-state index < -0.39 is 0 Å². The molecule has 1 saturated carbocycles. The molecule has 4 aromatic rings. The zero-order valence-corrected chi connectivity index (χ0v) is 32.1. The fourth-order valence-corrected chi connectivity index (χ4v) is 9.41. The molecule has 0 amide bonds. The fraction of sp³-hybridized carbons (Fsp3) is 0.500. The molecule has 2 nitrogen and oxygen atoms in total. The third-order valence-corrected chi connectivity index (χ3v) is 12.2. The van der Waals surface area contributed by atoms with Crippen molar-refractivity contribution in [1.82, 2.24) is 0 Å². The monoisotopic (exact) mass is 671 g/mol. The quantitative estimate of drug-likeness (QED) is 0.0867. The van der Waals surface area contributed by atoms with Crippen molar-refractivity contribution >= 4 is 11.4 Å². The molecule has 0 heterocycles. The standard InChI is InChI=1S/C48H66N2/c1-6-9-15-32-48(39-16-13-12-14-17-39,40-24-20-37(21-25-40)46(18-10-7-2)44-30-28-42(49)33-35(44)4)41-26-22-38(23-27-41)47(19-11-8-3)45-31-29-43(50)34-36(45)5/h20-31,33-34,39,46-47H,6-19,32,49-50H2,1-5H3. The number of anilines is 2. The second-order valence-corrected chi connectivity index (χ2v) is 15.6. The maximum Gasteiger partial charge on any atom is 0.0316 e. The van der Waals surface area contributed by atoms with Crippen LogP contribution in [0.15, 0.2) is 84.9 Å². The van der Waals surface area contributed by atoms with Gasteiger partial charge in [0.25, 0.3) is 0 Å². The van der Waals surface area contributed by atoms with Gasteiger partial charge in [0.05, 0.1) is 0 Å². The second-order valence-electron chi connectivity index (χ2n) is 15.6. The molecule has 0 bridgehead atoms. The smallest absolute Gasteiger partial charge is 0.0316 e. The minimum Gasteiger partial charge on any atom is -0.399 e. The second kappa shape index (κ2) is 18.1. The zero-order valence-electron chi connectivity index (χ0n) is 32.1. The molecule has 5 rings (SSSR count). The number of unbranched alkanes of at least 4 members (excludes halogenated alkanes) is 4. The highest BCUT2D eigenvalue weighted by molar-refractivity contribution is 5.51. The van der Waals surface area contributed by atoms with Crippen molar-refractivity contribution in [3.8, 4) is 0 Å². The first-order valence-electron chi connectivity index (χ1n) is 20.2. The summed E-state index contributed by atoms with van der Waals surface area (Å²) in [5, 5.41) is 0. The molecule has 1 fully saturated rings. The number of rotatable bonds is 17. The summed E-state index contributed by atoms with van der Waals surface area (Å²) in [7, 11) is 0. The number of nitrogens with two attached hydrogens (primary N) is 2. The highest BCUT2D eigenvalue weighted by atomic mass is 14.5. The summed E-state index contributed by atoms with van der Waals surface area (Å²) in [5.74, 6) is 1.45. The number of hydrogen-bond acceptors (Lipinski definition) is 2. The van der Waals surface area contributed by atoms with Crippen molar-refractivity contribution in [3.63, 3.8) is 0 Å². The maximum atomic E-state index is 6.19. The van der Waals surface area contributed by atoms with Gasteiger partial charge in [-0.05, 0) is 121 Å². The molecule has 1 aliphatic carbocycles. The Kier molecular flexibility index (Phi) is 13.7. The van der Waals surface area contributed by atoms with Gasteiger partial charge in [0.2, 0.25) is 0 Å². The number of benzene rings is 4. The van der Waals surface area contributed by atoms with Gasteiger partial charge >= 0.3 is 0 Å². The van der Waals surface area contributed by atoms with Crippen molar-refractivity contribution in [1.29, 1.82) is 0 Å². The molecule has 1 aliphatic rings. The van der Waals surface area contributed by atoms with Crippen LogP contribution in [0.25, 0.3) is 0 Å². The molecule has 0 aliphatic heterocycles. The van der Waals surface area contributed by atoms with Gasteiger partial charge in [-0.2, -0.15) is 0 Å². The molecule has 50 heavy (non-hydrogen) atoms. The van der Waals surface area contributed by atoms with Gasteiger partial charge in [-0.3, -0.25) is 0 Å². The summed E-state index contributed by atoms with van der Waals surface area (Å²) in [4.78, 5) is 0. The SMILES string of the molecule is CCCCCC(c1ccc(C(CCCC)c2ccc(N)cc2C)cc1)(c1ccc(C(CCCC)c2ccc(N)cc2C)cc1)C1CCCCC1. The Morgan fingerprint density at radius 3 is 1.40 bits per heavy atom. The largest absolute Gasteiger partial charge is 0.399 e. The molecule has 4 aromatic carbocycles. The molecule has 268 valence electrons. The van der Waals surface area contributed by atoms with Crippen LogP contribution in [0.3, 0.4) is 0 Å². The first-order chi connectivity index (χ1) is 24.3. The molecule has 2 atom stereocenters. The lowest BCUT2D eigenvalue weighted by molar-refractivity contribution is 0.221. The Hall–Kier alpha value is -3.52. The third-order valence-electron chi connectivity index (χ3n) is 12.2. The summed E-state index contributed by atoms with van der Waals surface area (Å²) in [6, 6.07) is 33.1. The van der Waals surface area contributed by atoms with E-state index in [0.29, 0.717) is 17.8 Å². The van der Waals surface area contributed by atoms with Crippen molar-refractivity contribution in [2.24, 2.45) is 5.92 Å². The lowest BCUT2D eigenvalue weighted by Gasteiger charge is -2.45. The highest BCUT2D eigenvalue weighted by Gasteiger charge is 2.42. The summed E-state index contributed by atoms with van der Waals surface area (Å²) in [6.07, 6.45) is 18.9. The van der Waals surface area contributed by atoms with E-state index in [1.165, 1.54) is 141 Å². The van der Waals surface area contributed by atoms with E-state index in [0.717, 1.165) is 11.4 Å². The molecule has 2 unspecified atom stereocenters. The summed E-state index contributed by atoms with van der Waals surface area (Å²) >= 11 is 0. The van der Waals surface area contributed by atoms with Crippen LogP contribution < -0.4 is 11.5 Å². The fourth-order valence-electron chi connectivity index (χ4n) is 9.41. The Bertz CT molecular complexity index is 1500. The van der Waals surface area contributed by atoms with Crippen molar-refractivity contribution in [3.05, 3.63) is 129 Å². The number of aryl methyl sites for hydroxylation is 2. The Balaban J connectivity index is 1.59. The average molecular weight is 671 g/mol. The van der Waals surface area contributed by atoms with Crippen LogP contribution in [-0.2, 0) is 5.41 Å².